The number of hydrogen-bond donors (Lipinski definition) is 1. The van der Waals surface area contributed by atoms with Crippen LogP contribution < -0.4 is 5.32 Å². The summed E-state index contributed by atoms with van der Waals surface area (Å²) < 4.78 is 1.88. The van der Waals surface area contributed by atoms with Gasteiger partial charge in [0.15, 0.2) is 5.82 Å². The molecule has 3 unspecified atom stereocenters. The molecule has 4 rings (SSSR count). The van der Waals surface area contributed by atoms with Gasteiger partial charge >= 0.3 is 0 Å². The maximum Gasteiger partial charge on any atom is 0.225 e. The zero-order chi connectivity index (χ0) is 17.4. The first-order valence-corrected chi connectivity index (χ1v) is 9.54. The van der Waals surface area contributed by atoms with E-state index < -0.39 is 0 Å². The number of amides is 1. The van der Waals surface area contributed by atoms with Crippen LogP contribution >= 0.6 is 11.6 Å². The lowest BCUT2D eigenvalue weighted by Gasteiger charge is -2.20. The number of benzene rings is 1. The molecular formula is C20H24ClN3O. The molecule has 1 heterocycles. The van der Waals surface area contributed by atoms with Crippen LogP contribution in [0.5, 0.6) is 0 Å². The van der Waals surface area contributed by atoms with Crippen LogP contribution in [0.1, 0.15) is 43.4 Å². The number of hydrogen-bond acceptors (Lipinski definition) is 2. The summed E-state index contributed by atoms with van der Waals surface area (Å²) in [7, 11) is 0. The quantitative estimate of drug-likeness (QED) is 0.846. The van der Waals surface area contributed by atoms with Gasteiger partial charge in [0, 0.05) is 23.2 Å². The van der Waals surface area contributed by atoms with Gasteiger partial charge in [-0.05, 0) is 55.6 Å². The van der Waals surface area contributed by atoms with E-state index in [1.807, 2.05) is 41.9 Å². The molecule has 2 saturated carbocycles. The van der Waals surface area contributed by atoms with E-state index in [0.717, 1.165) is 28.1 Å². The third-order valence-corrected chi connectivity index (χ3v) is 6.23. The fraction of sp³-hybridized carbons (Fsp3) is 0.500. The smallest absolute Gasteiger partial charge is 0.225 e. The Morgan fingerprint density at radius 3 is 2.88 bits per heavy atom. The van der Waals surface area contributed by atoms with Crippen LogP contribution in [-0.2, 0) is 11.3 Å². The van der Waals surface area contributed by atoms with Gasteiger partial charge in [0.05, 0.1) is 6.54 Å². The average Bonchev–Trinajstić information content (AvgIpc) is 3.26. The van der Waals surface area contributed by atoms with Gasteiger partial charge < -0.3 is 5.32 Å². The van der Waals surface area contributed by atoms with Crippen molar-refractivity contribution in [2.75, 3.05) is 5.32 Å². The molecule has 25 heavy (non-hydrogen) atoms. The predicted octanol–water partition coefficient (Wildman–Crippen LogP) is 4.66. The molecule has 132 valence electrons. The van der Waals surface area contributed by atoms with Gasteiger partial charge in [0.2, 0.25) is 5.91 Å². The highest BCUT2D eigenvalue weighted by atomic mass is 35.5. The van der Waals surface area contributed by atoms with Crippen LogP contribution in [0.4, 0.5) is 5.82 Å². The summed E-state index contributed by atoms with van der Waals surface area (Å²) in [5.41, 5.74) is 2.03. The summed E-state index contributed by atoms with van der Waals surface area (Å²) in [6.07, 6.45) is 5.89. The maximum absolute atomic E-state index is 12.4. The maximum atomic E-state index is 12.4. The normalized spacial score (nSPS) is 24.6. The third-order valence-electron chi connectivity index (χ3n) is 5.86. The second-order valence-electron chi connectivity index (χ2n) is 7.61. The molecule has 1 aromatic carbocycles. The van der Waals surface area contributed by atoms with Crippen molar-refractivity contribution < 1.29 is 4.79 Å². The molecule has 2 fully saturated rings. The molecule has 2 aromatic rings. The highest BCUT2D eigenvalue weighted by molar-refractivity contribution is 6.31. The van der Waals surface area contributed by atoms with Gasteiger partial charge in [-0.15, -0.1) is 0 Å². The van der Waals surface area contributed by atoms with E-state index in [-0.39, 0.29) is 5.91 Å². The minimum Gasteiger partial charge on any atom is -0.309 e. The summed E-state index contributed by atoms with van der Waals surface area (Å²) in [5.74, 6) is 2.96. The number of anilines is 1. The Kier molecular flexibility index (Phi) is 4.55. The van der Waals surface area contributed by atoms with Crippen molar-refractivity contribution in [2.24, 2.45) is 17.8 Å². The summed E-state index contributed by atoms with van der Waals surface area (Å²) >= 11 is 6.23. The van der Waals surface area contributed by atoms with E-state index >= 15 is 0 Å². The van der Waals surface area contributed by atoms with Gasteiger partial charge in [0.1, 0.15) is 0 Å². The van der Waals surface area contributed by atoms with Crippen molar-refractivity contribution in [3.05, 3.63) is 46.6 Å². The van der Waals surface area contributed by atoms with Crippen LogP contribution in [0.3, 0.4) is 0 Å². The number of nitrogens with zero attached hydrogens (tertiary/aromatic N) is 2. The minimum absolute atomic E-state index is 0.0972. The number of rotatable bonds is 5. The SMILES string of the molecule is Cc1cc(NC(=O)CC2CC3CCC2C3)nn1Cc1ccccc1Cl. The Morgan fingerprint density at radius 2 is 2.16 bits per heavy atom. The van der Waals surface area contributed by atoms with Crippen molar-refractivity contribution in [3.8, 4) is 0 Å². The molecule has 0 saturated heterocycles. The third kappa shape index (κ3) is 3.59. The lowest BCUT2D eigenvalue weighted by atomic mass is 9.86. The van der Waals surface area contributed by atoms with Crippen LogP contribution in [0.25, 0.3) is 0 Å². The average molecular weight is 358 g/mol. The standard InChI is InChI=1S/C20H24ClN3O/c1-13-8-19(23-24(13)12-16-4-2-3-5-18(16)21)22-20(25)11-17-10-14-6-7-15(17)9-14/h2-5,8,14-15,17H,6-7,9-12H2,1H3,(H,22,23,25). The van der Waals surface area contributed by atoms with Gasteiger partial charge in [0.25, 0.3) is 0 Å². The van der Waals surface area contributed by atoms with Crippen molar-refractivity contribution in [3.63, 3.8) is 0 Å². The first kappa shape index (κ1) is 16.6. The first-order chi connectivity index (χ1) is 12.1. The number of carbonyl (C=O) groups excluding carboxylic acids is 1. The van der Waals surface area contributed by atoms with Crippen molar-refractivity contribution in [1.82, 2.24) is 9.78 Å². The summed E-state index contributed by atoms with van der Waals surface area (Å²) in [6.45, 7) is 2.60. The van der Waals surface area contributed by atoms with E-state index in [0.29, 0.717) is 24.7 Å². The molecule has 3 atom stereocenters. The molecule has 1 amide bonds. The predicted molar refractivity (Wildman–Crippen MR) is 99.7 cm³/mol. The highest BCUT2D eigenvalue weighted by Gasteiger charge is 2.40. The fourth-order valence-electron chi connectivity index (χ4n) is 4.58. The van der Waals surface area contributed by atoms with Crippen LogP contribution in [0, 0.1) is 24.7 Å². The molecule has 0 spiro atoms. The Hall–Kier alpha value is -1.81. The summed E-state index contributed by atoms with van der Waals surface area (Å²) in [4.78, 5) is 12.4. The Labute approximate surface area is 153 Å². The molecule has 0 aliphatic heterocycles. The fourth-order valence-corrected chi connectivity index (χ4v) is 4.77. The van der Waals surface area contributed by atoms with E-state index in [1.54, 1.807) is 0 Å². The van der Waals surface area contributed by atoms with Crippen molar-refractivity contribution >= 4 is 23.3 Å². The molecule has 5 heteroatoms. The van der Waals surface area contributed by atoms with Gasteiger partial charge in [-0.1, -0.05) is 36.2 Å². The number of fused-ring (bicyclic) bond motifs is 2. The van der Waals surface area contributed by atoms with Crippen molar-refractivity contribution in [2.45, 2.75) is 45.6 Å². The molecule has 4 nitrogen and oxygen atoms in total. The van der Waals surface area contributed by atoms with E-state index in [1.165, 1.54) is 25.7 Å². The highest BCUT2D eigenvalue weighted by Crippen LogP contribution is 2.49. The first-order valence-electron chi connectivity index (χ1n) is 9.16. The largest absolute Gasteiger partial charge is 0.309 e. The molecule has 1 aromatic heterocycles. The van der Waals surface area contributed by atoms with Gasteiger partial charge in [-0.2, -0.15) is 5.10 Å². The molecular weight excluding hydrogens is 334 g/mol. The van der Waals surface area contributed by atoms with Crippen LogP contribution in [0.15, 0.2) is 30.3 Å². The Balaban J connectivity index is 1.38. The summed E-state index contributed by atoms with van der Waals surface area (Å²) in [5, 5.41) is 8.26. The van der Waals surface area contributed by atoms with E-state index in [9.17, 15) is 4.79 Å². The number of nitrogens with one attached hydrogen (secondary N) is 1. The van der Waals surface area contributed by atoms with Crippen LogP contribution in [-0.4, -0.2) is 15.7 Å². The monoisotopic (exact) mass is 357 g/mol. The molecule has 2 aliphatic rings. The number of aryl methyl sites for hydroxylation is 1. The molecule has 1 N–H and O–H groups in total. The lowest BCUT2D eigenvalue weighted by Crippen LogP contribution is -2.20. The molecule has 0 radical (unpaired) electrons. The van der Waals surface area contributed by atoms with Crippen molar-refractivity contribution in [1.29, 1.82) is 0 Å². The topological polar surface area (TPSA) is 46.9 Å². The number of aromatic nitrogens is 2. The van der Waals surface area contributed by atoms with Crippen LogP contribution in [0.2, 0.25) is 5.02 Å². The van der Waals surface area contributed by atoms with Gasteiger partial charge in [-0.25, -0.2) is 0 Å². The van der Waals surface area contributed by atoms with Gasteiger partial charge in [-0.3, -0.25) is 9.48 Å². The summed E-state index contributed by atoms with van der Waals surface area (Å²) in [6, 6.07) is 9.70. The molecule has 2 bridgehead atoms. The second kappa shape index (κ2) is 6.83. The minimum atomic E-state index is 0.0972. The lowest BCUT2D eigenvalue weighted by molar-refractivity contribution is -0.117. The molecule has 2 aliphatic carbocycles. The van der Waals surface area contributed by atoms with E-state index in [2.05, 4.69) is 10.4 Å². The zero-order valence-corrected chi connectivity index (χ0v) is 15.3. The second-order valence-corrected chi connectivity index (χ2v) is 8.01. The Morgan fingerprint density at radius 1 is 1.32 bits per heavy atom. The number of carbonyl (C=O) groups is 1. The zero-order valence-electron chi connectivity index (χ0n) is 14.5. The Bertz CT molecular complexity index is 785. The number of halogens is 1. The van der Waals surface area contributed by atoms with E-state index in [4.69, 9.17) is 11.6 Å².